The number of aromatic amines is 1. The summed E-state index contributed by atoms with van der Waals surface area (Å²) in [6, 6.07) is 5.34. The van der Waals surface area contributed by atoms with Gasteiger partial charge in [-0.05, 0) is 18.2 Å². The van der Waals surface area contributed by atoms with E-state index in [1.54, 1.807) is 18.2 Å². The van der Waals surface area contributed by atoms with Crippen LogP contribution < -0.4 is 10.9 Å². The van der Waals surface area contributed by atoms with Gasteiger partial charge in [0.1, 0.15) is 6.04 Å². The van der Waals surface area contributed by atoms with Crippen LogP contribution >= 0.6 is 11.6 Å². The zero-order valence-electron chi connectivity index (χ0n) is 12.1. The Morgan fingerprint density at radius 2 is 2.15 bits per heavy atom. The van der Waals surface area contributed by atoms with Gasteiger partial charge in [-0.2, -0.15) is 0 Å². The SMILES string of the molecule is CC[C@H]([NH2+]CC(C)C)c1nc2cc(Cl)ccc2c(=O)[nH]1. The van der Waals surface area contributed by atoms with E-state index in [1.807, 2.05) is 0 Å². The van der Waals surface area contributed by atoms with Gasteiger partial charge in [0.25, 0.3) is 5.56 Å². The summed E-state index contributed by atoms with van der Waals surface area (Å²) in [5, 5.41) is 3.41. The van der Waals surface area contributed by atoms with Gasteiger partial charge in [-0.15, -0.1) is 0 Å². The first-order valence-electron chi connectivity index (χ1n) is 7.04. The molecule has 0 aliphatic rings. The Balaban J connectivity index is 2.40. The van der Waals surface area contributed by atoms with Crippen LogP contribution in [-0.4, -0.2) is 16.5 Å². The fraction of sp³-hybridized carbons (Fsp3) is 0.467. The molecule has 2 rings (SSSR count). The lowest BCUT2D eigenvalue weighted by molar-refractivity contribution is -0.701. The molecule has 2 aromatic rings. The minimum absolute atomic E-state index is 0.0990. The standard InChI is InChI=1S/C15H20ClN3O/c1-4-12(17-8-9(2)3)14-18-13-7-10(16)5-6-11(13)15(20)19-14/h5-7,9,12,17H,4,8H2,1-3H3,(H,18,19,20)/p+1/t12-/m0/s1. The Kier molecular flexibility index (Phi) is 4.78. The highest BCUT2D eigenvalue weighted by atomic mass is 35.5. The molecule has 1 heterocycles. The van der Waals surface area contributed by atoms with Crippen LogP contribution in [0.4, 0.5) is 0 Å². The smallest absolute Gasteiger partial charge is 0.258 e. The van der Waals surface area contributed by atoms with Crippen LogP contribution in [0.3, 0.4) is 0 Å². The molecular formula is C15H21ClN3O+. The van der Waals surface area contributed by atoms with Crippen molar-refractivity contribution in [1.29, 1.82) is 0 Å². The molecule has 1 aromatic heterocycles. The van der Waals surface area contributed by atoms with Crippen LogP contribution in [-0.2, 0) is 0 Å². The summed E-state index contributed by atoms with van der Waals surface area (Å²) in [6.07, 6.45) is 0.918. The van der Waals surface area contributed by atoms with Crippen molar-refractivity contribution < 1.29 is 5.32 Å². The largest absolute Gasteiger partial charge is 0.337 e. The summed E-state index contributed by atoms with van der Waals surface area (Å²) >= 11 is 5.98. The van der Waals surface area contributed by atoms with Crippen LogP contribution in [0.5, 0.6) is 0 Å². The van der Waals surface area contributed by atoms with E-state index in [-0.39, 0.29) is 11.6 Å². The van der Waals surface area contributed by atoms with Crippen LogP contribution in [0.2, 0.25) is 5.02 Å². The molecule has 0 radical (unpaired) electrons. The third kappa shape index (κ3) is 3.38. The predicted octanol–water partition coefficient (Wildman–Crippen LogP) is 2.25. The highest BCUT2D eigenvalue weighted by Crippen LogP contribution is 2.16. The predicted molar refractivity (Wildman–Crippen MR) is 82.0 cm³/mol. The number of aromatic nitrogens is 2. The van der Waals surface area contributed by atoms with E-state index >= 15 is 0 Å². The third-order valence-corrected chi connectivity index (χ3v) is 3.61. The van der Waals surface area contributed by atoms with E-state index in [9.17, 15) is 4.79 Å². The topological polar surface area (TPSA) is 62.4 Å². The zero-order valence-corrected chi connectivity index (χ0v) is 12.9. The van der Waals surface area contributed by atoms with E-state index < -0.39 is 0 Å². The van der Waals surface area contributed by atoms with Crippen LogP contribution in [0.15, 0.2) is 23.0 Å². The van der Waals surface area contributed by atoms with Crippen molar-refractivity contribution in [3.05, 3.63) is 39.4 Å². The summed E-state index contributed by atoms with van der Waals surface area (Å²) < 4.78 is 0. The van der Waals surface area contributed by atoms with Crippen molar-refractivity contribution in [2.45, 2.75) is 33.2 Å². The molecule has 1 aromatic carbocycles. The molecule has 20 heavy (non-hydrogen) atoms. The highest BCUT2D eigenvalue weighted by Gasteiger charge is 2.17. The quantitative estimate of drug-likeness (QED) is 0.888. The first-order chi connectivity index (χ1) is 9.51. The number of nitrogens with one attached hydrogen (secondary N) is 1. The Morgan fingerprint density at radius 1 is 1.40 bits per heavy atom. The van der Waals surface area contributed by atoms with Crippen molar-refractivity contribution in [3.8, 4) is 0 Å². The maximum atomic E-state index is 12.1. The lowest BCUT2D eigenvalue weighted by atomic mass is 10.1. The second-order valence-corrected chi connectivity index (χ2v) is 5.93. The van der Waals surface area contributed by atoms with Gasteiger partial charge in [-0.3, -0.25) is 4.79 Å². The van der Waals surface area contributed by atoms with Gasteiger partial charge in [0.2, 0.25) is 0 Å². The molecule has 5 heteroatoms. The fourth-order valence-electron chi connectivity index (χ4n) is 2.21. The summed E-state index contributed by atoms with van der Waals surface area (Å²) in [4.78, 5) is 19.6. The molecule has 0 unspecified atom stereocenters. The Hall–Kier alpha value is -1.39. The zero-order chi connectivity index (χ0) is 14.7. The van der Waals surface area contributed by atoms with E-state index in [4.69, 9.17) is 11.6 Å². The van der Waals surface area contributed by atoms with Crippen molar-refractivity contribution >= 4 is 22.5 Å². The van der Waals surface area contributed by atoms with Gasteiger partial charge in [0.15, 0.2) is 5.82 Å². The molecule has 0 fully saturated rings. The number of fused-ring (bicyclic) bond motifs is 1. The molecule has 0 bridgehead atoms. The Labute approximate surface area is 123 Å². The molecule has 0 saturated carbocycles. The summed E-state index contributed by atoms with van der Waals surface area (Å²) in [5.41, 5.74) is 0.561. The number of halogens is 1. The van der Waals surface area contributed by atoms with Crippen molar-refractivity contribution in [3.63, 3.8) is 0 Å². The molecule has 0 aliphatic carbocycles. The second kappa shape index (κ2) is 6.37. The molecule has 3 N–H and O–H groups in total. The Bertz CT molecular complexity index is 651. The van der Waals surface area contributed by atoms with Gasteiger partial charge < -0.3 is 10.3 Å². The van der Waals surface area contributed by atoms with Gasteiger partial charge >= 0.3 is 0 Å². The van der Waals surface area contributed by atoms with Gasteiger partial charge in [-0.25, -0.2) is 4.98 Å². The number of H-pyrrole nitrogens is 1. The monoisotopic (exact) mass is 294 g/mol. The molecule has 0 saturated heterocycles. The third-order valence-electron chi connectivity index (χ3n) is 3.37. The minimum atomic E-state index is -0.0990. The average molecular weight is 295 g/mol. The lowest BCUT2D eigenvalue weighted by Gasteiger charge is -2.14. The van der Waals surface area contributed by atoms with E-state index in [0.717, 1.165) is 18.8 Å². The average Bonchev–Trinajstić information content (AvgIpc) is 2.38. The fourth-order valence-corrected chi connectivity index (χ4v) is 2.38. The number of hydrogen-bond acceptors (Lipinski definition) is 2. The first kappa shape index (κ1) is 15.0. The molecule has 4 nitrogen and oxygen atoms in total. The van der Waals surface area contributed by atoms with Crippen LogP contribution in [0, 0.1) is 5.92 Å². The molecular weight excluding hydrogens is 274 g/mol. The van der Waals surface area contributed by atoms with E-state index in [0.29, 0.717) is 21.8 Å². The Morgan fingerprint density at radius 3 is 2.80 bits per heavy atom. The minimum Gasteiger partial charge on any atom is -0.337 e. The van der Waals surface area contributed by atoms with Gasteiger partial charge in [-0.1, -0.05) is 32.4 Å². The first-order valence-corrected chi connectivity index (χ1v) is 7.41. The number of nitrogens with zero attached hydrogens (tertiary/aromatic N) is 1. The second-order valence-electron chi connectivity index (χ2n) is 5.49. The number of benzene rings is 1. The van der Waals surface area contributed by atoms with E-state index in [2.05, 4.69) is 36.1 Å². The molecule has 0 spiro atoms. The summed E-state index contributed by atoms with van der Waals surface area (Å²) in [6.45, 7) is 7.47. The number of quaternary nitrogens is 1. The van der Waals surface area contributed by atoms with Crippen molar-refractivity contribution in [2.75, 3.05) is 6.54 Å². The van der Waals surface area contributed by atoms with Gasteiger partial charge in [0.05, 0.1) is 17.4 Å². The number of hydrogen-bond donors (Lipinski definition) is 2. The van der Waals surface area contributed by atoms with E-state index in [1.165, 1.54) is 0 Å². The van der Waals surface area contributed by atoms with Crippen molar-refractivity contribution in [1.82, 2.24) is 9.97 Å². The highest BCUT2D eigenvalue weighted by molar-refractivity contribution is 6.31. The molecule has 0 aliphatic heterocycles. The van der Waals surface area contributed by atoms with Crippen molar-refractivity contribution in [2.24, 2.45) is 5.92 Å². The molecule has 108 valence electrons. The molecule has 1 atom stereocenters. The summed E-state index contributed by atoms with van der Waals surface area (Å²) in [5.74, 6) is 1.33. The maximum absolute atomic E-state index is 12.1. The summed E-state index contributed by atoms with van der Waals surface area (Å²) in [7, 11) is 0. The number of nitrogens with two attached hydrogens (primary N) is 1. The maximum Gasteiger partial charge on any atom is 0.258 e. The molecule has 0 amide bonds. The number of rotatable bonds is 5. The van der Waals surface area contributed by atoms with Crippen LogP contribution in [0.25, 0.3) is 10.9 Å². The normalized spacial score (nSPS) is 13.1. The van der Waals surface area contributed by atoms with Crippen LogP contribution in [0.1, 0.15) is 39.1 Å². The van der Waals surface area contributed by atoms with Gasteiger partial charge in [0, 0.05) is 17.4 Å². The lowest BCUT2D eigenvalue weighted by Crippen LogP contribution is -2.86.